The van der Waals surface area contributed by atoms with Crippen LogP contribution in [0.25, 0.3) is 5.57 Å². The van der Waals surface area contributed by atoms with Crippen molar-refractivity contribution in [3.8, 4) is 0 Å². The fourth-order valence-electron chi connectivity index (χ4n) is 1.64. The Bertz CT molecular complexity index is 444. The molecule has 1 aromatic rings. The van der Waals surface area contributed by atoms with Crippen molar-refractivity contribution in [1.29, 1.82) is 0 Å². The van der Waals surface area contributed by atoms with E-state index in [1.54, 1.807) is 24.4 Å². The molecule has 0 aliphatic carbocycles. The Labute approximate surface area is 91.3 Å². The fourth-order valence-corrected chi connectivity index (χ4v) is 1.64. The predicted octanol–water partition coefficient (Wildman–Crippen LogP) is 3.21. The highest BCUT2D eigenvalue weighted by Crippen LogP contribution is 2.35. The van der Waals surface area contributed by atoms with E-state index >= 15 is 0 Å². The molecule has 1 N–H and O–H groups in total. The normalized spacial score (nSPS) is 15.6. The van der Waals surface area contributed by atoms with Crippen LogP contribution in [0.4, 0.5) is 13.2 Å². The van der Waals surface area contributed by atoms with Crippen molar-refractivity contribution in [3.63, 3.8) is 0 Å². The summed E-state index contributed by atoms with van der Waals surface area (Å²) >= 11 is 0. The van der Waals surface area contributed by atoms with Crippen LogP contribution in [0.15, 0.2) is 42.6 Å². The third kappa shape index (κ3) is 2.10. The fraction of sp³-hybridized carbons (Fsp3) is 0.167. The first-order chi connectivity index (χ1) is 7.59. The highest BCUT2D eigenvalue weighted by atomic mass is 19.4. The lowest BCUT2D eigenvalue weighted by molar-refractivity contribution is -0.137. The molecule has 4 heteroatoms. The van der Waals surface area contributed by atoms with Gasteiger partial charge < -0.3 is 5.32 Å². The van der Waals surface area contributed by atoms with E-state index in [4.69, 9.17) is 0 Å². The van der Waals surface area contributed by atoms with Crippen molar-refractivity contribution in [2.45, 2.75) is 6.18 Å². The Balaban J connectivity index is 2.48. The third-order valence-electron chi connectivity index (χ3n) is 2.36. The lowest BCUT2D eigenvalue weighted by Gasteiger charge is -2.15. The summed E-state index contributed by atoms with van der Waals surface area (Å²) in [4.78, 5) is 0. The molecule has 0 unspecified atom stereocenters. The molecule has 1 aliphatic heterocycles. The number of dihydropyridines is 1. The van der Waals surface area contributed by atoms with Gasteiger partial charge in [-0.25, -0.2) is 0 Å². The summed E-state index contributed by atoms with van der Waals surface area (Å²) in [6, 6.07) is 5.61. The average Bonchev–Trinajstić information content (AvgIpc) is 2.29. The van der Waals surface area contributed by atoms with Gasteiger partial charge in [0.25, 0.3) is 0 Å². The van der Waals surface area contributed by atoms with E-state index in [9.17, 15) is 13.2 Å². The first-order valence-electron chi connectivity index (χ1n) is 4.86. The van der Waals surface area contributed by atoms with E-state index in [0.717, 1.165) is 6.07 Å². The van der Waals surface area contributed by atoms with Gasteiger partial charge in [0.05, 0.1) is 5.56 Å². The Morgan fingerprint density at radius 2 is 1.88 bits per heavy atom. The number of nitrogens with one attached hydrogen (secondary N) is 1. The van der Waals surface area contributed by atoms with Crippen molar-refractivity contribution in [2.24, 2.45) is 0 Å². The molecule has 0 radical (unpaired) electrons. The minimum atomic E-state index is -4.31. The summed E-state index contributed by atoms with van der Waals surface area (Å²) in [5.41, 5.74) is 0.243. The molecular formula is C12H10F3N. The molecule has 0 fully saturated rings. The van der Waals surface area contributed by atoms with E-state index in [0.29, 0.717) is 12.1 Å². The first-order valence-corrected chi connectivity index (χ1v) is 4.86. The van der Waals surface area contributed by atoms with Crippen LogP contribution < -0.4 is 5.32 Å². The van der Waals surface area contributed by atoms with Crippen LogP contribution in [0.1, 0.15) is 11.1 Å². The molecule has 0 bridgehead atoms. The zero-order chi connectivity index (χ0) is 11.6. The van der Waals surface area contributed by atoms with Crippen LogP contribution >= 0.6 is 0 Å². The predicted molar refractivity (Wildman–Crippen MR) is 56.6 cm³/mol. The summed E-state index contributed by atoms with van der Waals surface area (Å²) in [6.07, 6.45) is 0.733. The van der Waals surface area contributed by atoms with E-state index in [1.165, 1.54) is 12.1 Å². The molecule has 0 saturated heterocycles. The Hall–Kier alpha value is -1.71. The average molecular weight is 225 g/mol. The summed E-state index contributed by atoms with van der Waals surface area (Å²) in [5, 5.41) is 2.90. The smallest absolute Gasteiger partial charge is 0.387 e. The minimum Gasteiger partial charge on any atom is -0.387 e. The van der Waals surface area contributed by atoms with E-state index in [1.807, 2.05) is 0 Å². The number of halogens is 3. The van der Waals surface area contributed by atoms with Gasteiger partial charge in [-0.15, -0.1) is 0 Å². The highest BCUT2D eigenvalue weighted by Gasteiger charge is 2.33. The lowest BCUT2D eigenvalue weighted by atomic mass is 9.98. The molecule has 84 valence electrons. The maximum Gasteiger partial charge on any atom is 0.417 e. The second-order valence-corrected chi connectivity index (χ2v) is 3.44. The maximum atomic E-state index is 12.7. The minimum absolute atomic E-state index is 0.229. The van der Waals surface area contributed by atoms with Gasteiger partial charge in [-0.3, -0.25) is 0 Å². The van der Waals surface area contributed by atoms with Gasteiger partial charge >= 0.3 is 6.18 Å². The van der Waals surface area contributed by atoms with E-state index < -0.39 is 11.7 Å². The van der Waals surface area contributed by atoms with Crippen LogP contribution in [-0.2, 0) is 6.18 Å². The molecule has 0 spiro atoms. The molecule has 0 saturated carbocycles. The molecule has 0 aromatic heterocycles. The van der Waals surface area contributed by atoms with E-state index in [-0.39, 0.29) is 5.56 Å². The second kappa shape index (κ2) is 4.04. The maximum absolute atomic E-state index is 12.7. The number of benzene rings is 1. The van der Waals surface area contributed by atoms with Gasteiger partial charge in [0.2, 0.25) is 0 Å². The summed E-state index contributed by atoms with van der Waals surface area (Å²) < 4.78 is 38.2. The van der Waals surface area contributed by atoms with Crippen molar-refractivity contribution >= 4 is 5.57 Å². The topological polar surface area (TPSA) is 12.0 Å². The number of alkyl halides is 3. The number of hydrogen-bond acceptors (Lipinski definition) is 1. The molecule has 1 aromatic carbocycles. The third-order valence-corrected chi connectivity index (χ3v) is 2.36. The summed E-state index contributed by atoms with van der Waals surface area (Å²) in [5.74, 6) is 0. The van der Waals surface area contributed by atoms with Crippen LogP contribution in [0.3, 0.4) is 0 Å². The summed E-state index contributed by atoms with van der Waals surface area (Å²) in [7, 11) is 0. The van der Waals surface area contributed by atoms with Crippen molar-refractivity contribution in [2.75, 3.05) is 6.54 Å². The molecule has 2 rings (SSSR count). The van der Waals surface area contributed by atoms with Crippen molar-refractivity contribution in [1.82, 2.24) is 5.32 Å². The number of allylic oxidation sites excluding steroid dienone is 2. The molecule has 1 aliphatic rings. The Kier molecular flexibility index (Phi) is 2.73. The SMILES string of the molecule is FC(F)(F)c1ccccc1C1=CCNC=C1. The van der Waals surface area contributed by atoms with Gasteiger partial charge in [-0.2, -0.15) is 13.2 Å². The molecule has 0 amide bonds. The summed E-state index contributed by atoms with van der Waals surface area (Å²) in [6.45, 7) is 0.554. The molecule has 0 atom stereocenters. The van der Waals surface area contributed by atoms with Crippen molar-refractivity contribution < 1.29 is 13.2 Å². The Morgan fingerprint density at radius 3 is 2.50 bits per heavy atom. The quantitative estimate of drug-likeness (QED) is 0.773. The van der Waals surface area contributed by atoms with Gasteiger partial charge in [0.1, 0.15) is 0 Å². The zero-order valence-corrected chi connectivity index (χ0v) is 8.38. The Morgan fingerprint density at radius 1 is 1.12 bits per heavy atom. The van der Waals surface area contributed by atoms with E-state index in [2.05, 4.69) is 5.32 Å². The molecule has 16 heavy (non-hydrogen) atoms. The van der Waals surface area contributed by atoms with Crippen LogP contribution in [-0.4, -0.2) is 6.54 Å². The standard InChI is InChI=1S/C12H10F3N/c13-12(14,15)11-4-2-1-3-10(11)9-5-7-16-8-6-9/h1-7,16H,8H2. The number of rotatable bonds is 1. The largest absolute Gasteiger partial charge is 0.417 e. The second-order valence-electron chi connectivity index (χ2n) is 3.44. The van der Waals surface area contributed by atoms with Crippen LogP contribution in [0.5, 0.6) is 0 Å². The number of hydrogen-bond donors (Lipinski definition) is 1. The highest BCUT2D eigenvalue weighted by molar-refractivity contribution is 5.77. The van der Waals surface area contributed by atoms with Gasteiger partial charge in [-0.1, -0.05) is 24.3 Å². The monoisotopic (exact) mass is 225 g/mol. The van der Waals surface area contributed by atoms with Gasteiger partial charge in [-0.05, 0) is 29.5 Å². The molecular weight excluding hydrogens is 215 g/mol. The van der Waals surface area contributed by atoms with Crippen LogP contribution in [0, 0.1) is 0 Å². The first kappa shape index (κ1) is 10.8. The zero-order valence-electron chi connectivity index (χ0n) is 8.38. The van der Waals surface area contributed by atoms with Crippen LogP contribution in [0.2, 0.25) is 0 Å². The lowest BCUT2D eigenvalue weighted by Crippen LogP contribution is -2.12. The molecule has 1 nitrogen and oxygen atoms in total. The van der Waals surface area contributed by atoms with Crippen molar-refractivity contribution in [3.05, 3.63) is 53.7 Å². The van der Waals surface area contributed by atoms with Gasteiger partial charge in [0.15, 0.2) is 0 Å². The van der Waals surface area contributed by atoms with Gasteiger partial charge in [0, 0.05) is 6.54 Å². The molecule has 1 heterocycles.